The van der Waals surface area contributed by atoms with Crippen LogP contribution in [0.25, 0.3) is 10.9 Å². The Bertz CT molecular complexity index is 913. The fourth-order valence-corrected chi connectivity index (χ4v) is 3.07. The molecule has 0 radical (unpaired) electrons. The molecule has 2 N–H and O–H groups in total. The zero-order chi connectivity index (χ0) is 17.2. The van der Waals surface area contributed by atoms with Gasteiger partial charge < -0.3 is 15.2 Å². The van der Waals surface area contributed by atoms with Crippen LogP contribution in [-0.2, 0) is 11.3 Å². The summed E-state index contributed by atoms with van der Waals surface area (Å²) in [4.78, 5) is 33.7. The van der Waals surface area contributed by atoms with E-state index in [1.807, 2.05) is 36.4 Å². The fourth-order valence-electron chi connectivity index (χ4n) is 3.07. The van der Waals surface area contributed by atoms with E-state index < -0.39 is 0 Å². The predicted octanol–water partition coefficient (Wildman–Crippen LogP) is 1.95. The first-order chi connectivity index (χ1) is 12.2. The highest BCUT2D eigenvalue weighted by molar-refractivity contribution is 6.07. The molecule has 2 amide bonds. The summed E-state index contributed by atoms with van der Waals surface area (Å²) in [5.41, 5.74) is 2.56. The Kier molecular flexibility index (Phi) is 3.93. The van der Waals surface area contributed by atoms with Gasteiger partial charge in [-0.2, -0.15) is 0 Å². The van der Waals surface area contributed by atoms with Crippen molar-refractivity contribution in [2.75, 3.05) is 13.1 Å². The maximum absolute atomic E-state index is 12.6. The molecule has 0 unspecified atom stereocenters. The summed E-state index contributed by atoms with van der Waals surface area (Å²) in [5, 5.41) is 3.82. The van der Waals surface area contributed by atoms with Gasteiger partial charge in [0.05, 0.1) is 11.5 Å². The van der Waals surface area contributed by atoms with Crippen LogP contribution in [0.3, 0.4) is 0 Å². The molecule has 6 heteroatoms. The molecule has 4 rings (SSSR count). The second kappa shape index (κ2) is 6.39. The Morgan fingerprint density at radius 3 is 2.84 bits per heavy atom. The third kappa shape index (κ3) is 2.98. The normalized spacial score (nSPS) is 14.3. The second-order valence-electron chi connectivity index (χ2n) is 6.23. The summed E-state index contributed by atoms with van der Waals surface area (Å²) in [5.74, 6) is -0.202. The second-order valence-corrected chi connectivity index (χ2v) is 6.23. The minimum absolute atomic E-state index is 0.0215. The molecule has 0 atom stereocenters. The van der Waals surface area contributed by atoms with Crippen LogP contribution in [0, 0.1) is 5.92 Å². The Morgan fingerprint density at radius 2 is 2.04 bits per heavy atom. The van der Waals surface area contributed by atoms with Crippen LogP contribution in [0.2, 0.25) is 0 Å². The lowest BCUT2D eigenvalue weighted by molar-refractivity contribution is -0.129. The molecular weight excluding hydrogens is 316 g/mol. The van der Waals surface area contributed by atoms with Gasteiger partial charge >= 0.3 is 0 Å². The number of para-hydroxylation sites is 1. The third-order valence-corrected chi connectivity index (χ3v) is 4.55. The van der Waals surface area contributed by atoms with Crippen LogP contribution < -0.4 is 5.32 Å². The number of pyridine rings is 1. The number of aromatic amines is 1. The Labute approximate surface area is 144 Å². The average molecular weight is 334 g/mol. The fraction of sp³-hybridized carbons (Fsp3) is 0.211. The Hall–Kier alpha value is -3.15. The largest absolute Gasteiger partial charge is 0.360 e. The summed E-state index contributed by atoms with van der Waals surface area (Å²) < 4.78 is 0. The van der Waals surface area contributed by atoms with Crippen molar-refractivity contribution in [2.45, 2.75) is 6.54 Å². The summed E-state index contributed by atoms with van der Waals surface area (Å²) in [6, 6.07) is 11.5. The lowest BCUT2D eigenvalue weighted by Crippen LogP contribution is -2.55. The molecule has 1 aromatic carbocycles. The number of hydrogen-bond donors (Lipinski definition) is 2. The van der Waals surface area contributed by atoms with Crippen LogP contribution in [-0.4, -0.2) is 39.8 Å². The first kappa shape index (κ1) is 15.4. The molecule has 6 nitrogen and oxygen atoms in total. The lowest BCUT2D eigenvalue weighted by atomic mass is 9.97. The zero-order valence-corrected chi connectivity index (χ0v) is 13.6. The van der Waals surface area contributed by atoms with Crippen LogP contribution in [0.1, 0.15) is 15.9 Å². The SMILES string of the molecule is O=C(NCc1cccnc1)C1CN(C(=O)c2c[nH]c3ccccc23)C1. The van der Waals surface area contributed by atoms with Gasteiger partial charge in [0.15, 0.2) is 0 Å². The van der Waals surface area contributed by atoms with Gasteiger partial charge in [0.1, 0.15) is 0 Å². The molecule has 2 aromatic heterocycles. The van der Waals surface area contributed by atoms with Crippen molar-refractivity contribution in [3.05, 3.63) is 66.1 Å². The van der Waals surface area contributed by atoms with E-state index in [0.717, 1.165) is 16.5 Å². The molecule has 3 heterocycles. The molecule has 1 fully saturated rings. The van der Waals surface area contributed by atoms with Gasteiger partial charge in [-0.05, 0) is 17.7 Å². The van der Waals surface area contributed by atoms with Gasteiger partial charge in [0.25, 0.3) is 5.91 Å². The number of nitrogens with zero attached hydrogens (tertiary/aromatic N) is 2. The van der Waals surface area contributed by atoms with Crippen molar-refractivity contribution in [2.24, 2.45) is 5.92 Å². The summed E-state index contributed by atoms with van der Waals surface area (Å²) >= 11 is 0. The molecule has 0 bridgehead atoms. The molecule has 0 aliphatic carbocycles. The Balaban J connectivity index is 1.34. The van der Waals surface area contributed by atoms with Crippen molar-refractivity contribution in [1.82, 2.24) is 20.2 Å². The Morgan fingerprint density at radius 1 is 1.20 bits per heavy atom. The predicted molar refractivity (Wildman–Crippen MR) is 93.8 cm³/mol. The third-order valence-electron chi connectivity index (χ3n) is 4.55. The number of benzene rings is 1. The molecule has 1 aliphatic heterocycles. The zero-order valence-electron chi connectivity index (χ0n) is 13.6. The summed E-state index contributed by atoms with van der Waals surface area (Å²) in [7, 11) is 0. The number of carbonyl (C=O) groups excluding carboxylic acids is 2. The highest BCUT2D eigenvalue weighted by atomic mass is 16.2. The lowest BCUT2D eigenvalue weighted by Gasteiger charge is -2.38. The number of aromatic nitrogens is 2. The standard InChI is InChI=1S/C19H18N4O2/c24-18(22-9-13-4-3-7-20-8-13)14-11-23(12-14)19(25)16-10-21-17-6-2-1-5-15(16)17/h1-8,10,14,21H,9,11-12H2,(H,22,24). The van der Waals surface area contributed by atoms with Crippen molar-refractivity contribution < 1.29 is 9.59 Å². The van der Waals surface area contributed by atoms with Gasteiger partial charge in [-0.25, -0.2) is 0 Å². The first-order valence-corrected chi connectivity index (χ1v) is 8.24. The van der Waals surface area contributed by atoms with E-state index in [1.54, 1.807) is 23.5 Å². The topological polar surface area (TPSA) is 78.1 Å². The van der Waals surface area contributed by atoms with Gasteiger partial charge in [0.2, 0.25) is 5.91 Å². The van der Waals surface area contributed by atoms with E-state index in [0.29, 0.717) is 25.2 Å². The average Bonchev–Trinajstić information content (AvgIpc) is 3.03. The molecule has 0 spiro atoms. The molecule has 126 valence electrons. The summed E-state index contributed by atoms with van der Waals surface area (Å²) in [6.45, 7) is 1.37. The molecule has 25 heavy (non-hydrogen) atoms. The van der Waals surface area contributed by atoms with Crippen molar-refractivity contribution in [3.8, 4) is 0 Å². The van der Waals surface area contributed by atoms with E-state index in [2.05, 4.69) is 15.3 Å². The number of rotatable bonds is 4. The minimum Gasteiger partial charge on any atom is -0.360 e. The number of amides is 2. The smallest absolute Gasteiger partial charge is 0.256 e. The highest BCUT2D eigenvalue weighted by Crippen LogP contribution is 2.24. The van der Waals surface area contributed by atoms with Gasteiger partial charge in [-0.15, -0.1) is 0 Å². The van der Waals surface area contributed by atoms with Crippen molar-refractivity contribution in [1.29, 1.82) is 0 Å². The van der Waals surface area contributed by atoms with Crippen LogP contribution >= 0.6 is 0 Å². The van der Waals surface area contributed by atoms with E-state index >= 15 is 0 Å². The van der Waals surface area contributed by atoms with Crippen LogP contribution in [0.5, 0.6) is 0 Å². The van der Waals surface area contributed by atoms with Gasteiger partial charge in [0, 0.05) is 49.1 Å². The minimum atomic E-state index is -0.147. The van der Waals surface area contributed by atoms with Crippen molar-refractivity contribution in [3.63, 3.8) is 0 Å². The summed E-state index contributed by atoms with van der Waals surface area (Å²) in [6.07, 6.45) is 5.17. The number of likely N-dealkylation sites (tertiary alicyclic amines) is 1. The van der Waals surface area contributed by atoms with Gasteiger partial charge in [-0.1, -0.05) is 24.3 Å². The van der Waals surface area contributed by atoms with Gasteiger partial charge in [-0.3, -0.25) is 14.6 Å². The number of hydrogen-bond acceptors (Lipinski definition) is 3. The highest BCUT2D eigenvalue weighted by Gasteiger charge is 2.36. The van der Waals surface area contributed by atoms with E-state index in [-0.39, 0.29) is 17.7 Å². The molecule has 3 aromatic rings. The first-order valence-electron chi connectivity index (χ1n) is 8.24. The monoisotopic (exact) mass is 334 g/mol. The van der Waals surface area contributed by atoms with E-state index in [4.69, 9.17) is 0 Å². The van der Waals surface area contributed by atoms with Crippen molar-refractivity contribution >= 4 is 22.7 Å². The van der Waals surface area contributed by atoms with E-state index in [1.165, 1.54) is 0 Å². The molecule has 0 saturated carbocycles. The maximum Gasteiger partial charge on any atom is 0.256 e. The number of fused-ring (bicyclic) bond motifs is 1. The van der Waals surface area contributed by atoms with Crippen LogP contribution in [0.15, 0.2) is 55.0 Å². The number of H-pyrrole nitrogens is 1. The maximum atomic E-state index is 12.6. The quantitative estimate of drug-likeness (QED) is 0.765. The number of nitrogens with one attached hydrogen (secondary N) is 2. The number of carbonyl (C=O) groups is 2. The van der Waals surface area contributed by atoms with Crippen LogP contribution in [0.4, 0.5) is 0 Å². The van der Waals surface area contributed by atoms with E-state index in [9.17, 15) is 9.59 Å². The molecule has 1 saturated heterocycles. The molecular formula is C19H18N4O2. The molecule has 1 aliphatic rings.